The molecule has 0 spiro atoms. The van der Waals surface area contributed by atoms with Crippen LogP contribution in [0.3, 0.4) is 0 Å². The zero-order valence-electron chi connectivity index (χ0n) is 13.6. The molecule has 1 aromatic rings. The van der Waals surface area contributed by atoms with Gasteiger partial charge < -0.3 is 19.5 Å². The molecule has 0 atom stereocenters. The number of benzene rings is 1. The summed E-state index contributed by atoms with van der Waals surface area (Å²) in [5, 5.41) is 20.8. The maximum Gasteiger partial charge on any atom is 0.491 e. The van der Waals surface area contributed by atoms with Crippen LogP contribution < -0.4 is 10.2 Å². The fourth-order valence-corrected chi connectivity index (χ4v) is 2.01. The lowest BCUT2D eigenvalue weighted by Gasteiger charge is -2.38. The number of ether oxygens (including phenoxy) is 1. The van der Waals surface area contributed by atoms with Gasteiger partial charge in [-0.15, -0.1) is 0 Å². The van der Waals surface area contributed by atoms with E-state index in [0.29, 0.717) is 28.8 Å². The van der Waals surface area contributed by atoms with Gasteiger partial charge in [0.15, 0.2) is 0 Å². The second kappa shape index (κ2) is 6.40. The number of rotatable bonds is 7. The van der Waals surface area contributed by atoms with Crippen LogP contribution in [-0.4, -0.2) is 35.1 Å². The number of halogens is 1. The molecular weight excluding hydrogens is 302 g/mol. The van der Waals surface area contributed by atoms with Crippen LogP contribution in [0, 0.1) is 5.92 Å². The van der Waals surface area contributed by atoms with E-state index in [1.807, 2.05) is 0 Å². The molecule has 6 heteroatoms. The van der Waals surface area contributed by atoms with E-state index in [9.17, 15) is 10.1 Å². The topological polar surface area (TPSA) is 58.9 Å². The van der Waals surface area contributed by atoms with Crippen molar-refractivity contribution in [3.63, 3.8) is 0 Å². The van der Waals surface area contributed by atoms with Crippen molar-refractivity contribution in [2.75, 3.05) is 6.61 Å². The molecule has 0 aliphatic heterocycles. The normalized spacial score (nSPS) is 15.8. The fourth-order valence-electron chi connectivity index (χ4n) is 1.77. The average molecular weight is 327 g/mol. The minimum atomic E-state index is -1.17. The van der Waals surface area contributed by atoms with E-state index in [-0.39, 0.29) is 0 Å². The zero-order chi connectivity index (χ0) is 16.5. The zero-order valence-corrected chi connectivity index (χ0v) is 14.4. The molecule has 22 heavy (non-hydrogen) atoms. The van der Waals surface area contributed by atoms with Gasteiger partial charge in [-0.1, -0.05) is 17.7 Å². The van der Waals surface area contributed by atoms with E-state index in [1.165, 1.54) is 12.8 Å². The van der Waals surface area contributed by atoms with Crippen molar-refractivity contribution in [3.8, 4) is 5.75 Å². The third kappa shape index (κ3) is 4.38. The Bertz CT molecular complexity index is 523. The van der Waals surface area contributed by atoms with Crippen molar-refractivity contribution in [1.29, 1.82) is 0 Å². The summed E-state index contributed by atoms with van der Waals surface area (Å²) in [6.07, 6.45) is 2.43. The molecule has 0 unspecified atom stereocenters. The quantitative estimate of drug-likeness (QED) is 0.755. The molecule has 1 aliphatic rings. The lowest BCUT2D eigenvalue weighted by molar-refractivity contribution is -0.0982. The van der Waals surface area contributed by atoms with Gasteiger partial charge >= 0.3 is 7.12 Å². The maximum atomic E-state index is 10.2. The summed E-state index contributed by atoms with van der Waals surface area (Å²) >= 11 is 6.20. The average Bonchev–Trinajstić information content (AvgIpc) is 3.19. The van der Waals surface area contributed by atoms with E-state index in [2.05, 4.69) is 0 Å². The summed E-state index contributed by atoms with van der Waals surface area (Å²) < 4.78 is 11.3. The molecule has 0 radical (unpaired) electrons. The first-order chi connectivity index (χ1) is 10.1. The highest BCUT2D eigenvalue weighted by Gasteiger charge is 2.39. The summed E-state index contributed by atoms with van der Waals surface area (Å²) in [6, 6.07) is 5.10. The third-order valence-electron chi connectivity index (χ3n) is 4.29. The van der Waals surface area contributed by atoms with Crippen LogP contribution in [0.5, 0.6) is 5.75 Å². The number of hydrogen-bond acceptors (Lipinski definition) is 4. The Labute approximate surface area is 137 Å². The van der Waals surface area contributed by atoms with E-state index in [4.69, 9.17) is 21.0 Å². The van der Waals surface area contributed by atoms with Gasteiger partial charge in [-0.25, -0.2) is 0 Å². The molecule has 2 rings (SSSR count). The van der Waals surface area contributed by atoms with Crippen molar-refractivity contribution in [1.82, 2.24) is 0 Å². The van der Waals surface area contributed by atoms with Crippen LogP contribution in [-0.2, 0) is 4.65 Å². The standard InChI is InChI=1S/C16H24BClO4/c1-15(2,19)16(3,4)22-17(20)12-7-8-14(13(18)9-12)21-10-11-5-6-11/h7-9,11,19-20H,5-6,10H2,1-4H3. The van der Waals surface area contributed by atoms with Crippen molar-refractivity contribution in [3.05, 3.63) is 23.2 Å². The van der Waals surface area contributed by atoms with Crippen molar-refractivity contribution >= 4 is 24.2 Å². The van der Waals surface area contributed by atoms with Crippen LogP contribution in [0.2, 0.25) is 5.02 Å². The second-order valence-corrected chi connectivity index (χ2v) is 7.39. The Morgan fingerprint density at radius 3 is 2.41 bits per heavy atom. The van der Waals surface area contributed by atoms with Gasteiger partial charge in [-0.2, -0.15) is 0 Å². The van der Waals surface area contributed by atoms with Crippen LogP contribution in [0.25, 0.3) is 0 Å². The second-order valence-electron chi connectivity index (χ2n) is 6.98. The first-order valence-electron chi connectivity index (χ1n) is 7.60. The summed E-state index contributed by atoms with van der Waals surface area (Å²) in [5.41, 5.74) is -1.48. The van der Waals surface area contributed by atoms with Gasteiger partial charge in [-0.05, 0) is 64.1 Å². The predicted molar refractivity (Wildman–Crippen MR) is 88.7 cm³/mol. The Morgan fingerprint density at radius 1 is 1.27 bits per heavy atom. The minimum Gasteiger partial charge on any atom is -0.492 e. The Kier molecular flexibility index (Phi) is 5.12. The monoisotopic (exact) mass is 326 g/mol. The summed E-state index contributed by atoms with van der Waals surface area (Å²) in [4.78, 5) is 0. The molecule has 0 heterocycles. The van der Waals surface area contributed by atoms with Crippen molar-refractivity contribution in [2.24, 2.45) is 5.92 Å². The first-order valence-corrected chi connectivity index (χ1v) is 7.98. The molecule has 0 aromatic heterocycles. The first kappa shape index (κ1) is 17.6. The molecule has 1 fully saturated rings. The Balaban J connectivity index is 2.03. The molecule has 1 aromatic carbocycles. The molecule has 0 bridgehead atoms. The molecule has 1 aliphatic carbocycles. The molecular formula is C16H24BClO4. The molecule has 2 N–H and O–H groups in total. The lowest BCUT2D eigenvalue weighted by Crippen LogP contribution is -2.53. The highest BCUT2D eigenvalue weighted by molar-refractivity contribution is 6.60. The third-order valence-corrected chi connectivity index (χ3v) is 4.59. The van der Waals surface area contributed by atoms with E-state index < -0.39 is 18.3 Å². The van der Waals surface area contributed by atoms with E-state index >= 15 is 0 Å². The maximum absolute atomic E-state index is 10.2. The minimum absolute atomic E-state index is 0.446. The van der Waals surface area contributed by atoms with Crippen LogP contribution in [0.15, 0.2) is 18.2 Å². The van der Waals surface area contributed by atoms with Gasteiger partial charge in [0.25, 0.3) is 0 Å². The summed E-state index contributed by atoms with van der Waals surface area (Å²) in [5.74, 6) is 1.27. The highest BCUT2D eigenvalue weighted by Crippen LogP contribution is 2.31. The van der Waals surface area contributed by atoms with Gasteiger partial charge in [-0.3, -0.25) is 0 Å². The van der Waals surface area contributed by atoms with Crippen molar-refractivity contribution in [2.45, 2.75) is 51.7 Å². The summed E-state index contributed by atoms with van der Waals surface area (Å²) in [7, 11) is -1.17. The number of hydrogen-bond donors (Lipinski definition) is 2. The fraction of sp³-hybridized carbons (Fsp3) is 0.625. The van der Waals surface area contributed by atoms with Crippen LogP contribution in [0.1, 0.15) is 40.5 Å². The lowest BCUT2D eigenvalue weighted by atomic mass is 9.76. The van der Waals surface area contributed by atoms with Gasteiger partial charge in [0, 0.05) is 0 Å². The Morgan fingerprint density at radius 2 is 1.91 bits per heavy atom. The predicted octanol–water partition coefficient (Wildman–Crippen LogP) is 2.38. The largest absolute Gasteiger partial charge is 0.492 e. The van der Waals surface area contributed by atoms with Crippen molar-refractivity contribution < 1.29 is 19.5 Å². The van der Waals surface area contributed by atoms with E-state index in [1.54, 1.807) is 45.9 Å². The smallest absolute Gasteiger partial charge is 0.491 e. The number of aliphatic hydroxyl groups is 1. The molecule has 0 amide bonds. The highest BCUT2D eigenvalue weighted by atomic mass is 35.5. The molecule has 122 valence electrons. The van der Waals surface area contributed by atoms with Gasteiger partial charge in [0.05, 0.1) is 22.8 Å². The Hall–Kier alpha value is -0.745. The van der Waals surface area contributed by atoms with Crippen LogP contribution >= 0.6 is 11.6 Å². The molecule has 1 saturated carbocycles. The van der Waals surface area contributed by atoms with Gasteiger partial charge in [0.2, 0.25) is 0 Å². The van der Waals surface area contributed by atoms with Gasteiger partial charge in [0.1, 0.15) is 5.75 Å². The summed E-state index contributed by atoms with van der Waals surface area (Å²) in [6.45, 7) is 7.42. The molecule has 0 saturated heterocycles. The van der Waals surface area contributed by atoms with Crippen LogP contribution in [0.4, 0.5) is 0 Å². The molecule has 4 nitrogen and oxygen atoms in total. The van der Waals surface area contributed by atoms with E-state index in [0.717, 1.165) is 0 Å². The SMILES string of the molecule is CC(C)(O)C(C)(C)OB(O)c1ccc(OCC2CC2)c(Cl)c1.